The van der Waals surface area contributed by atoms with Crippen LogP contribution in [0.25, 0.3) is 0 Å². The number of fused-ring (bicyclic) bond motifs is 1. The summed E-state index contributed by atoms with van der Waals surface area (Å²) in [5.41, 5.74) is 0. The summed E-state index contributed by atoms with van der Waals surface area (Å²) in [6.07, 6.45) is -0.787. The molecule has 5 atom stereocenters. The maximum Gasteiger partial charge on any atom is 0.189 e. The molecule has 2 rings (SSSR count). The molecule has 0 saturated carbocycles. The number of hydrogen-bond acceptors (Lipinski definition) is 4. The van der Waals surface area contributed by atoms with Gasteiger partial charge in [0.1, 0.15) is 12.2 Å². The Balaban J connectivity index is 2.03. The number of aliphatic hydroxyl groups is 1. The first-order valence-electron chi connectivity index (χ1n) is 4.37. The molecule has 2 saturated heterocycles. The highest BCUT2D eigenvalue weighted by molar-refractivity contribution is 4.89. The van der Waals surface area contributed by atoms with Crippen molar-refractivity contribution in [3.63, 3.8) is 0 Å². The van der Waals surface area contributed by atoms with Gasteiger partial charge in [-0.15, -0.1) is 0 Å². The van der Waals surface area contributed by atoms with E-state index in [2.05, 4.69) is 0 Å². The predicted molar refractivity (Wildman–Crippen MR) is 40.4 cm³/mol. The van der Waals surface area contributed by atoms with Crippen molar-refractivity contribution in [1.29, 1.82) is 0 Å². The van der Waals surface area contributed by atoms with Gasteiger partial charge in [-0.2, -0.15) is 0 Å². The van der Waals surface area contributed by atoms with Crippen LogP contribution in [0.3, 0.4) is 0 Å². The van der Waals surface area contributed by atoms with Crippen molar-refractivity contribution >= 4 is 0 Å². The van der Waals surface area contributed by atoms with Gasteiger partial charge in [-0.25, -0.2) is 0 Å². The summed E-state index contributed by atoms with van der Waals surface area (Å²) in [7, 11) is 0. The largest absolute Gasteiger partial charge is 0.387 e. The Labute approximate surface area is 71.4 Å². The number of hydrogen-bond donors (Lipinski definition) is 1. The quantitative estimate of drug-likeness (QED) is 0.618. The minimum atomic E-state index is -0.537. The fourth-order valence-electron chi connectivity index (χ4n) is 1.74. The smallest absolute Gasteiger partial charge is 0.189 e. The zero-order valence-corrected chi connectivity index (χ0v) is 7.27. The molecule has 2 aliphatic rings. The average Bonchev–Trinajstić information content (AvgIpc) is 2.51. The zero-order chi connectivity index (χ0) is 8.72. The third-order valence-corrected chi connectivity index (χ3v) is 2.37. The average molecular weight is 174 g/mol. The van der Waals surface area contributed by atoms with Crippen molar-refractivity contribution < 1.29 is 19.3 Å². The molecule has 0 radical (unpaired) electrons. The van der Waals surface area contributed by atoms with Gasteiger partial charge in [0.25, 0.3) is 0 Å². The molecule has 2 aliphatic heterocycles. The molecule has 4 nitrogen and oxygen atoms in total. The third kappa shape index (κ3) is 1.15. The first kappa shape index (κ1) is 8.44. The molecule has 0 aromatic heterocycles. The molecule has 0 bridgehead atoms. The Morgan fingerprint density at radius 1 is 1.25 bits per heavy atom. The van der Waals surface area contributed by atoms with Gasteiger partial charge >= 0.3 is 0 Å². The Kier molecular flexibility index (Phi) is 2.08. The molecular weight excluding hydrogens is 160 g/mol. The van der Waals surface area contributed by atoms with Crippen LogP contribution >= 0.6 is 0 Å². The van der Waals surface area contributed by atoms with Gasteiger partial charge in [0.2, 0.25) is 0 Å². The van der Waals surface area contributed by atoms with Crippen LogP contribution in [-0.2, 0) is 14.2 Å². The summed E-state index contributed by atoms with van der Waals surface area (Å²) in [6.45, 7) is 3.77. The SMILES string of the molecule is CC[C@H]1O[C@@H]2OC(C)O[C@@H]2[C@H]1O. The molecule has 4 heteroatoms. The second-order valence-electron chi connectivity index (χ2n) is 3.25. The molecule has 1 N–H and O–H groups in total. The van der Waals surface area contributed by atoms with Gasteiger partial charge in [0.15, 0.2) is 12.6 Å². The molecular formula is C8H14O4. The normalized spacial score (nSPS) is 52.8. The molecule has 2 fully saturated rings. The van der Waals surface area contributed by atoms with Crippen LogP contribution in [0.2, 0.25) is 0 Å². The second kappa shape index (κ2) is 2.96. The lowest BCUT2D eigenvalue weighted by Gasteiger charge is -2.15. The van der Waals surface area contributed by atoms with E-state index in [0.717, 1.165) is 6.42 Å². The maximum absolute atomic E-state index is 9.65. The van der Waals surface area contributed by atoms with Gasteiger partial charge in [0, 0.05) is 0 Å². The van der Waals surface area contributed by atoms with Crippen molar-refractivity contribution in [3.8, 4) is 0 Å². The van der Waals surface area contributed by atoms with Crippen molar-refractivity contribution in [1.82, 2.24) is 0 Å². The first-order valence-corrected chi connectivity index (χ1v) is 4.37. The highest BCUT2D eigenvalue weighted by Crippen LogP contribution is 2.32. The van der Waals surface area contributed by atoms with Crippen LogP contribution in [0.1, 0.15) is 20.3 Å². The van der Waals surface area contributed by atoms with E-state index in [1.54, 1.807) is 6.92 Å². The summed E-state index contributed by atoms with van der Waals surface area (Å²) >= 11 is 0. The van der Waals surface area contributed by atoms with Crippen LogP contribution in [-0.4, -0.2) is 36.0 Å². The third-order valence-electron chi connectivity index (χ3n) is 2.37. The van der Waals surface area contributed by atoms with Crippen LogP contribution in [0.4, 0.5) is 0 Å². The van der Waals surface area contributed by atoms with E-state index in [4.69, 9.17) is 14.2 Å². The predicted octanol–water partition coefficient (Wildman–Crippen LogP) is 0.244. The van der Waals surface area contributed by atoms with Crippen LogP contribution in [0.5, 0.6) is 0 Å². The van der Waals surface area contributed by atoms with E-state index in [1.807, 2.05) is 6.92 Å². The fraction of sp³-hybridized carbons (Fsp3) is 1.00. The minimum absolute atomic E-state index is 0.132. The summed E-state index contributed by atoms with van der Waals surface area (Å²) in [4.78, 5) is 0. The standard InChI is InChI=1S/C8H14O4/c1-3-5-6(9)7-8(12-5)11-4(2)10-7/h4-9H,3H2,1-2H3/t4?,5-,6+,7-,8+/m1/s1. The number of ether oxygens (including phenoxy) is 3. The van der Waals surface area contributed by atoms with E-state index in [0.29, 0.717) is 0 Å². The maximum atomic E-state index is 9.65. The van der Waals surface area contributed by atoms with Crippen molar-refractivity contribution in [3.05, 3.63) is 0 Å². The highest BCUT2D eigenvalue weighted by Gasteiger charge is 2.49. The Hall–Kier alpha value is -0.160. The number of aliphatic hydroxyl groups excluding tert-OH is 1. The molecule has 2 heterocycles. The fourth-order valence-corrected chi connectivity index (χ4v) is 1.74. The Bertz CT molecular complexity index is 170. The van der Waals surface area contributed by atoms with Gasteiger partial charge in [-0.05, 0) is 13.3 Å². The molecule has 1 unspecified atom stereocenters. The van der Waals surface area contributed by atoms with Gasteiger partial charge < -0.3 is 19.3 Å². The topological polar surface area (TPSA) is 47.9 Å². The summed E-state index contributed by atoms with van der Waals surface area (Å²) in [5, 5.41) is 9.65. The van der Waals surface area contributed by atoms with Gasteiger partial charge in [-0.1, -0.05) is 6.92 Å². The lowest BCUT2D eigenvalue weighted by Crippen LogP contribution is -2.31. The monoisotopic (exact) mass is 174 g/mol. The summed E-state index contributed by atoms with van der Waals surface area (Å²) in [5.74, 6) is 0. The van der Waals surface area contributed by atoms with E-state index < -0.39 is 6.10 Å². The molecule has 0 aliphatic carbocycles. The Morgan fingerprint density at radius 2 is 2.00 bits per heavy atom. The van der Waals surface area contributed by atoms with E-state index in [-0.39, 0.29) is 24.8 Å². The zero-order valence-electron chi connectivity index (χ0n) is 7.27. The lowest BCUT2D eigenvalue weighted by molar-refractivity contribution is -0.161. The van der Waals surface area contributed by atoms with Crippen LogP contribution in [0, 0.1) is 0 Å². The van der Waals surface area contributed by atoms with Crippen molar-refractivity contribution in [2.24, 2.45) is 0 Å². The summed E-state index contributed by atoms with van der Waals surface area (Å²) < 4.78 is 16.0. The van der Waals surface area contributed by atoms with Crippen molar-refractivity contribution in [2.75, 3.05) is 0 Å². The molecule has 70 valence electrons. The summed E-state index contributed by atoms with van der Waals surface area (Å²) in [6, 6.07) is 0. The number of rotatable bonds is 1. The van der Waals surface area contributed by atoms with Gasteiger partial charge in [0.05, 0.1) is 6.10 Å². The molecule has 0 amide bonds. The highest BCUT2D eigenvalue weighted by atomic mass is 16.8. The molecule has 0 aromatic rings. The second-order valence-corrected chi connectivity index (χ2v) is 3.25. The molecule has 0 spiro atoms. The van der Waals surface area contributed by atoms with E-state index in [1.165, 1.54) is 0 Å². The van der Waals surface area contributed by atoms with Crippen LogP contribution < -0.4 is 0 Å². The van der Waals surface area contributed by atoms with E-state index >= 15 is 0 Å². The first-order chi connectivity index (χ1) is 5.72. The molecule has 12 heavy (non-hydrogen) atoms. The van der Waals surface area contributed by atoms with Crippen LogP contribution in [0.15, 0.2) is 0 Å². The van der Waals surface area contributed by atoms with E-state index in [9.17, 15) is 5.11 Å². The molecule has 0 aromatic carbocycles. The lowest BCUT2D eigenvalue weighted by atomic mass is 10.1. The Morgan fingerprint density at radius 3 is 2.58 bits per heavy atom. The minimum Gasteiger partial charge on any atom is -0.387 e. The van der Waals surface area contributed by atoms with Gasteiger partial charge in [-0.3, -0.25) is 0 Å². The van der Waals surface area contributed by atoms with Crippen molar-refractivity contribution in [2.45, 2.75) is 51.2 Å².